The quantitative estimate of drug-likeness (QED) is 0.631. The molecule has 1 aromatic heterocycles. The molecule has 0 saturated heterocycles. The Balaban J connectivity index is 1.85. The van der Waals surface area contributed by atoms with Crippen molar-refractivity contribution < 1.29 is 9.26 Å². The van der Waals surface area contributed by atoms with Gasteiger partial charge in [0.05, 0.1) is 5.69 Å². The third kappa shape index (κ3) is 2.95. The Labute approximate surface area is 132 Å². The second-order valence-electron chi connectivity index (χ2n) is 4.91. The Morgan fingerprint density at radius 3 is 2.71 bits per heavy atom. The number of benzene rings is 2. The number of halogens is 1. The first-order valence-electron chi connectivity index (χ1n) is 6.90. The van der Waals surface area contributed by atoms with E-state index in [-0.39, 0.29) is 0 Å². The third-order valence-electron chi connectivity index (χ3n) is 3.48. The summed E-state index contributed by atoms with van der Waals surface area (Å²) in [7, 11) is 0. The first kappa shape index (κ1) is 14.1. The average molecular weight is 346 g/mol. The average Bonchev–Trinajstić information content (AvgIpc) is 2.92. The van der Waals surface area contributed by atoms with E-state index < -0.39 is 0 Å². The zero-order valence-electron chi connectivity index (χ0n) is 11.8. The first-order chi connectivity index (χ1) is 10.3. The fraction of sp³-hybridized carbons (Fsp3) is 0.235. The molecule has 0 spiro atoms. The minimum absolute atomic E-state index is 0.551. The summed E-state index contributed by atoms with van der Waals surface area (Å²) in [6.07, 6.45) is 0.858. The maximum absolute atomic E-state index is 5.90. The molecule has 0 fully saturated rings. The maximum Gasteiger partial charge on any atom is 0.173 e. The molecule has 0 aliphatic heterocycles. The molecule has 108 valence electrons. The molecule has 0 atom stereocenters. The number of nitrogens with zero attached hydrogens (tertiary/aromatic N) is 1. The molecule has 3 aromatic rings. The second kappa shape index (κ2) is 6.31. The molecule has 3 rings (SSSR count). The SMILES string of the molecule is Cc1c(OCc2ccccc2)ccc2c(CCBr)noc12. The Morgan fingerprint density at radius 2 is 1.95 bits per heavy atom. The molecule has 3 nitrogen and oxygen atoms in total. The van der Waals surface area contributed by atoms with Crippen LogP contribution in [0.4, 0.5) is 0 Å². The molecule has 21 heavy (non-hydrogen) atoms. The van der Waals surface area contributed by atoms with Crippen LogP contribution < -0.4 is 4.74 Å². The Kier molecular flexibility index (Phi) is 4.25. The van der Waals surface area contributed by atoms with E-state index in [1.807, 2.05) is 37.3 Å². The lowest BCUT2D eigenvalue weighted by atomic mass is 10.1. The lowest BCUT2D eigenvalue weighted by molar-refractivity contribution is 0.303. The van der Waals surface area contributed by atoms with Crippen molar-refractivity contribution in [3.05, 3.63) is 59.3 Å². The lowest BCUT2D eigenvalue weighted by Crippen LogP contribution is -1.97. The van der Waals surface area contributed by atoms with Crippen LogP contribution in [0.3, 0.4) is 0 Å². The van der Waals surface area contributed by atoms with E-state index in [9.17, 15) is 0 Å². The topological polar surface area (TPSA) is 35.3 Å². The number of hydrogen-bond acceptors (Lipinski definition) is 3. The predicted octanol–water partition coefficient (Wildman–Crippen LogP) is 4.65. The number of fused-ring (bicyclic) bond motifs is 1. The minimum atomic E-state index is 0.551. The maximum atomic E-state index is 5.90. The van der Waals surface area contributed by atoms with Crippen molar-refractivity contribution in [1.29, 1.82) is 0 Å². The number of hydrogen-bond donors (Lipinski definition) is 0. The zero-order valence-corrected chi connectivity index (χ0v) is 13.4. The largest absolute Gasteiger partial charge is 0.488 e. The molecule has 1 heterocycles. The van der Waals surface area contributed by atoms with Gasteiger partial charge in [-0.05, 0) is 24.6 Å². The molecule has 0 radical (unpaired) electrons. The summed E-state index contributed by atoms with van der Waals surface area (Å²) in [5, 5.41) is 6.09. The number of aromatic nitrogens is 1. The molecule has 0 saturated carbocycles. The molecular formula is C17H16BrNO2. The van der Waals surface area contributed by atoms with Crippen molar-refractivity contribution in [2.45, 2.75) is 20.0 Å². The molecule has 2 aromatic carbocycles. The van der Waals surface area contributed by atoms with Crippen LogP contribution in [0.2, 0.25) is 0 Å². The molecule has 0 bridgehead atoms. The minimum Gasteiger partial charge on any atom is -0.488 e. The highest BCUT2D eigenvalue weighted by Crippen LogP contribution is 2.30. The Morgan fingerprint density at radius 1 is 1.14 bits per heavy atom. The second-order valence-corrected chi connectivity index (χ2v) is 5.70. The summed E-state index contributed by atoms with van der Waals surface area (Å²) in [5.74, 6) is 0.841. The third-order valence-corrected chi connectivity index (χ3v) is 3.88. The van der Waals surface area contributed by atoms with Crippen LogP contribution in [0.5, 0.6) is 5.75 Å². The van der Waals surface area contributed by atoms with Crippen LogP contribution in [0, 0.1) is 6.92 Å². The van der Waals surface area contributed by atoms with Gasteiger partial charge in [0.2, 0.25) is 0 Å². The monoisotopic (exact) mass is 345 g/mol. The van der Waals surface area contributed by atoms with Gasteiger partial charge in [-0.15, -0.1) is 0 Å². The van der Waals surface area contributed by atoms with Crippen molar-refractivity contribution >= 4 is 26.9 Å². The normalized spacial score (nSPS) is 11.0. The van der Waals surface area contributed by atoms with Gasteiger partial charge in [0.1, 0.15) is 12.4 Å². The highest BCUT2D eigenvalue weighted by atomic mass is 79.9. The van der Waals surface area contributed by atoms with Crippen molar-refractivity contribution in [3.8, 4) is 5.75 Å². The first-order valence-corrected chi connectivity index (χ1v) is 8.02. The van der Waals surface area contributed by atoms with Gasteiger partial charge < -0.3 is 9.26 Å². The van der Waals surface area contributed by atoms with Crippen LogP contribution in [-0.2, 0) is 13.0 Å². The van der Waals surface area contributed by atoms with Gasteiger partial charge in [-0.3, -0.25) is 0 Å². The molecule has 0 amide bonds. The van der Waals surface area contributed by atoms with E-state index in [0.29, 0.717) is 6.61 Å². The standard InChI is InChI=1S/C17H16BrNO2/c1-12-16(20-11-13-5-3-2-4-6-13)8-7-14-15(9-10-18)19-21-17(12)14/h2-8H,9-11H2,1H3. The Hall–Kier alpha value is -1.81. The summed E-state index contributed by atoms with van der Waals surface area (Å²) >= 11 is 3.43. The molecule has 0 aliphatic carbocycles. The Bertz CT molecular complexity index is 737. The predicted molar refractivity (Wildman–Crippen MR) is 87.0 cm³/mol. The fourth-order valence-corrected chi connectivity index (χ4v) is 2.71. The van der Waals surface area contributed by atoms with Crippen LogP contribution in [0.1, 0.15) is 16.8 Å². The summed E-state index contributed by atoms with van der Waals surface area (Å²) in [6, 6.07) is 14.1. The van der Waals surface area contributed by atoms with E-state index in [1.165, 1.54) is 0 Å². The van der Waals surface area contributed by atoms with Gasteiger partial charge in [0.15, 0.2) is 5.58 Å². The molecule has 0 unspecified atom stereocenters. The number of ether oxygens (including phenoxy) is 1. The van der Waals surface area contributed by atoms with Gasteiger partial charge in [0.25, 0.3) is 0 Å². The molecular weight excluding hydrogens is 330 g/mol. The van der Waals surface area contributed by atoms with Gasteiger partial charge >= 0.3 is 0 Å². The lowest BCUT2D eigenvalue weighted by Gasteiger charge is -2.09. The number of rotatable bonds is 5. The summed E-state index contributed by atoms with van der Waals surface area (Å²) in [5.41, 5.74) is 3.95. The van der Waals surface area contributed by atoms with Crippen molar-refractivity contribution in [3.63, 3.8) is 0 Å². The van der Waals surface area contributed by atoms with Crippen LogP contribution in [0.15, 0.2) is 47.0 Å². The van der Waals surface area contributed by atoms with Gasteiger partial charge in [-0.2, -0.15) is 0 Å². The molecule has 0 aliphatic rings. The van der Waals surface area contributed by atoms with Crippen molar-refractivity contribution in [2.24, 2.45) is 0 Å². The summed E-state index contributed by atoms with van der Waals surface area (Å²) < 4.78 is 11.4. The van der Waals surface area contributed by atoms with Gasteiger partial charge in [-0.25, -0.2) is 0 Å². The van der Waals surface area contributed by atoms with Crippen LogP contribution in [-0.4, -0.2) is 10.5 Å². The summed E-state index contributed by atoms with van der Waals surface area (Å²) in [6.45, 7) is 2.56. The number of alkyl halides is 1. The smallest absolute Gasteiger partial charge is 0.173 e. The van der Waals surface area contributed by atoms with Crippen LogP contribution >= 0.6 is 15.9 Å². The summed E-state index contributed by atoms with van der Waals surface area (Å²) in [4.78, 5) is 0. The van der Waals surface area contributed by atoms with E-state index in [2.05, 4.69) is 33.2 Å². The van der Waals surface area contributed by atoms with Crippen molar-refractivity contribution in [2.75, 3.05) is 5.33 Å². The number of aryl methyl sites for hydroxylation is 2. The van der Waals surface area contributed by atoms with Crippen molar-refractivity contribution in [1.82, 2.24) is 5.16 Å². The van der Waals surface area contributed by atoms with Gasteiger partial charge in [-0.1, -0.05) is 51.4 Å². The highest BCUT2D eigenvalue weighted by Gasteiger charge is 2.13. The fourth-order valence-electron chi connectivity index (χ4n) is 2.33. The van der Waals surface area contributed by atoms with E-state index in [1.54, 1.807) is 0 Å². The molecule has 0 N–H and O–H groups in total. The highest BCUT2D eigenvalue weighted by molar-refractivity contribution is 9.09. The van der Waals surface area contributed by atoms with E-state index in [0.717, 1.165) is 45.3 Å². The molecule has 4 heteroatoms. The zero-order chi connectivity index (χ0) is 14.7. The van der Waals surface area contributed by atoms with E-state index >= 15 is 0 Å². The van der Waals surface area contributed by atoms with E-state index in [4.69, 9.17) is 9.26 Å². The van der Waals surface area contributed by atoms with Gasteiger partial charge in [0, 0.05) is 22.7 Å². The van der Waals surface area contributed by atoms with Crippen LogP contribution in [0.25, 0.3) is 11.0 Å².